The lowest BCUT2D eigenvalue weighted by Crippen LogP contribution is -2.08. The number of ether oxygens (including phenoxy) is 1. The van der Waals surface area contributed by atoms with Gasteiger partial charge in [-0.2, -0.15) is 0 Å². The van der Waals surface area contributed by atoms with Gasteiger partial charge in [-0.1, -0.05) is 13.8 Å². The lowest BCUT2D eigenvalue weighted by Gasteiger charge is -2.08. The molecule has 66 valence electrons. The third-order valence-corrected chi connectivity index (χ3v) is 1.87. The van der Waals surface area contributed by atoms with Gasteiger partial charge < -0.3 is 4.74 Å². The molecule has 0 spiro atoms. The average molecular weight is 174 g/mol. The molecule has 0 aromatic heterocycles. The minimum atomic E-state index is 0.361. The maximum absolute atomic E-state index is 5.34. The largest absolute Gasteiger partial charge is 0.484 e. The van der Waals surface area contributed by atoms with Crippen LogP contribution in [-0.4, -0.2) is 11.2 Å². The van der Waals surface area contributed by atoms with Crippen molar-refractivity contribution in [1.82, 2.24) is 0 Å². The molecule has 11 heavy (non-hydrogen) atoms. The first kappa shape index (κ1) is 10.9. The summed E-state index contributed by atoms with van der Waals surface area (Å²) in [6.07, 6.45) is 4.99. The number of hydrogen-bond acceptors (Lipinski definition) is 2. The summed E-state index contributed by atoms with van der Waals surface area (Å²) >= 11 is 4.95. The van der Waals surface area contributed by atoms with E-state index < -0.39 is 0 Å². The molecule has 1 rings (SSSR count). The Bertz CT molecular complexity index is 112. The predicted octanol–water partition coefficient (Wildman–Crippen LogP) is 3.32. The van der Waals surface area contributed by atoms with E-state index in [1.54, 1.807) is 0 Å². The zero-order valence-electron chi connectivity index (χ0n) is 7.72. The van der Waals surface area contributed by atoms with Gasteiger partial charge in [-0.25, -0.2) is 0 Å². The van der Waals surface area contributed by atoms with Crippen LogP contribution < -0.4 is 0 Å². The Hall–Kier alpha value is -0.110. The summed E-state index contributed by atoms with van der Waals surface area (Å²) in [5, 5.41) is 0.806. The SMILES string of the molecule is CC.CC1CCCCC(=S)O1. The summed E-state index contributed by atoms with van der Waals surface area (Å²) in [4.78, 5) is 0. The highest BCUT2D eigenvalue weighted by molar-refractivity contribution is 7.80. The Kier molecular flexibility index (Phi) is 6.52. The van der Waals surface area contributed by atoms with Gasteiger partial charge in [0.05, 0.1) is 6.10 Å². The van der Waals surface area contributed by atoms with Gasteiger partial charge >= 0.3 is 0 Å². The van der Waals surface area contributed by atoms with Gasteiger partial charge in [-0.05, 0) is 38.4 Å². The molecule has 1 aliphatic heterocycles. The van der Waals surface area contributed by atoms with Crippen LogP contribution in [0.3, 0.4) is 0 Å². The van der Waals surface area contributed by atoms with Crippen LogP contribution in [0, 0.1) is 0 Å². The Morgan fingerprint density at radius 3 is 2.64 bits per heavy atom. The molecule has 1 aliphatic rings. The molecule has 2 heteroatoms. The standard InChI is InChI=1S/C7H12OS.C2H6/c1-6-4-2-3-5-7(9)8-6;1-2/h6H,2-5H2,1H3;1-2H3. The van der Waals surface area contributed by atoms with Gasteiger partial charge in [-0.3, -0.25) is 0 Å². The minimum Gasteiger partial charge on any atom is -0.484 e. The zero-order chi connectivity index (χ0) is 8.69. The minimum absolute atomic E-state index is 0.361. The monoisotopic (exact) mass is 174 g/mol. The summed E-state index contributed by atoms with van der Waals surface area (Å²) < 4.78 is 5.34. The van der Waals surface area contributed by atoms with E-state index in [1.165, 1.54) is 19.3 Å². The second kappa shape index (κ2) is 6.59. The van der Waals surface area contributed by atoms with Gasteiger partial charge in [0.2, 0.25) is 0 Å². The molecule has 0 aromatic carbocycles. The topological polar surface area (TPSA) is 9.23 Å². The molecule has 0 saturated carbocycles. The molecule has 1 atom stereocenters. The highest BCUT2D eigenvalue weighted by atomic mass is 32.1. The number of hydrogen-bond donors (Lipinski definition) is 0. The summed E-state index contributed by atoms with van der Waals surface area (Å²) in [6.45, 7) is 6.08. The molecule has 0 amide bonds. The van der Waals surface area contributed by atoms with Crippen LogP contribution in [0.25, 0.3) is 0 Å². The van der Waals surface area contributed by atoms with Crippen LogP contribution in [0.15, 0.2) is 0 Å². The molecule has 1 saturated heterocycles. The molecule has 1 unspecified atom stereocenters. The van der Waals surface area contributed by atoms with Crippen molar-refractivity contribution in [3.63, 3.8) is 0 Å². The van der Waals surface area contributed by atoms with Crippen LogP contribution in [0.5, 0.6) is 0 Å². The number of thiocarbonyl (C=S) groups is 1. The third kappa shape index (κ3) is 5.19. The van der Waals surface area contributed by atoms with E-state index in [1.807, 2.05) is 13.8 Å². The summed E-state index contributed by atoms with van der Waals surface area (Å²) in [5.74, 6) is 0. The van der Waals surface area contributed by atoms with Crippen LogP contribution in [0.2, 0.25) is 0 Å². The molecular weight excluding hydrogens is 156 g/mol. The zero-order valence-corrected chi connectivity index (χ0v) is 8.54. The van der Waals surface area contributed by atoms with Crippen molar-refractivity contribution in [2.45, 2.75) is 52.6 Å². The molecule has 0 aliphatic carbocycles. The van der Waals surface area contributed by atoms with Gasteiger partial charge in [0.1, 0.15) is 0 Å². The molecule has 1 nitrogen and oxygen atoms in total. The summed E-state index contributed by atoms with van der Waals surface area (Å²) in [6, 6.07) is 0. The molecule has 0 radical (unpaired) electrons. The second-order valence-corrected chi connectivity index (χ2v) is 3.00. The first-order valence-corrected chi connectivity index (χ1v) is 4.89. The van der Waals surface area contributed by atoms with Crippen LogP contribution in [-0.2, 0) is 4.74 Å². The fourth-order valence-electron chi connectivity index (χ4n) is 1.04. The molecule has 0 aromatic rings. The number of rotatable bonds is 0. The fraction of sp³-hybridized carbons (Fsp3) is 0.889. The van der Waals surface area contributed by atoms with Crippen molar-refractivity contribution in [1.29, 1.82) is 0 Å². The maximum Gasteiger partial charge on any atom is 0.160 e. The average Bonchev–Trinajstić information content (AvgIpc) is 2.18. The van der Waals surface area contributed by atoms with E-state index in [2.05, 4.69) is 6.92 Å². The highest BCUT2D eigenvalue weighted by Gasteiger charge is 2.10. The highest BCUT2D eigenvalue weighted by Crippen LogP contribution is 2.13. The Balaban J connectivity index is 0.000000461. The third-order valence-electron chi connectivity index (χ3n) is 1.57. The molecule has 0 N–H and O–H groups in total. The quantitative estimate of drug-likeness (QED) is 0.521. The lowest BCUT2D eigenvalue weighted by molar-refractivity contribution is 0.207. The molecule has 0 bridgehead atoms. The first-order valence-electron chi connectivity index (χ1n) is 4.48. The van der Waals surface area contributed by atoms with Crippen molar-refractivity contribution in [2.24, 2.45) is 0 Å². The van der Waals surface area contributed by atoms with Crippen LogP contribution >= 0.6 is 12.2 Å². The van der Waals surface area contributed by atoms with E-state index in [0.29, 0.717) is 6.10 Å². The normalized spacial score (nSPS) is 24.3. The van der Waals surface area contributed by atoms with Crippen LogP contribution in [0.4, 0.5) is 0 Å². The Morgan fingerprint density at radius 2 is 2.00 bits per heavy atom. The van der Waals surface area contributed by atoms with Crippen molar-refractivity contribution in [3.8, 4) is 0 Å². The summed E-state index contributed by atoms with van der Waals surface area (Å²) in [5.41, 5.74) is 0. The van der Waals surface area contributed by atoms with E-state index >= 15 is 0 Å². The van der Waals surface area contributed by atoms with Crippen molar-refractivity contribution in [2.75, 3.05) is 0 Å². The summed E-state index contributed by atoms with van der Waals surface area (Å²) in [7, 11) is 0. The van der Waals surface area contributed by atoms with E-state index in [0.717, 1.165) is 11.5 Å². The van der Waals surface area contributed by atoms with E-state index in [4.69, 9.17) is 17.0 Å². The van der Waals surface area contributed by atoms with E-state index in [9.17, 15) is 0 Å². The van der Waals surface area contributed by atoms with Gasteiger partial charge in [0.25, 0.3) is 0 Å². The smallest absolute Gasteiger partial charge is 0.160 e. The fourth-order valence-corrected chi connectivity index (χ4v) is 1.35. The Morgan fingerprint density at radius 1 is 1.36 bits per heavy atom. The van der Waals surface area contributed by atoms with Crippen molar-refractivity contribution in [3.05, 3.63) is 0 Å². The molecule has 1 fully saturated rings. The predicted molar refractivity (Wildman–Crippen MR) is 53.0 cm³/mol. The first-order chi connectivity index (χ1) is 5.29. The van der Waals surface area contributed by atoms with Crippen LogP contribution in [0.1, 0.15) is 46.5 Å². The van der Waals surface area contributed by atoms with Crippen molar-refractivity contribution < 1.29 is 4.74 Å². The molecular formula is C9H18OS. The van der Waals surface area contributed by atoms with Crippen molar-refractivity contribution >= 4 is 17.3 Å². The van der Waals surface area contributed by atoms with Gasteiger partial charge in [0.15, 0.2) is 5.05 Å². The Labute approximate surface area is 75.1 Å². The molecule has 1 heterocycles. The maximum atomic E-state index is 5.34. The second-order valence-electron chi connectivity index (χ2n) is 2.55. The van der Waals surface area contributed by atoms with E-state index in [-0.39, 0.29) is 0 Å². The lowest BCUT2D eigenvalue weighted by atomic mass is 10.2. The van der Waals surface area contributed by atoms with Gasteiger partial charge in [-0.15, -0.1) is 0 Å². The van der Waals surface area contributed by atoms with Gasteiger partial charge in [0, 0.05) is 6.42 Å².